The maximum Gasteiger partial charge on any atom is 0.119 e. The van der Waals surface area contributed by atoms with Crippen LogP contribution in [0.1, 0.15) is 44.6 Å². The minimum absolute atomic E-state index is 0.565. The summed E-state index contributed by atoms with van der Waals surface area (Å²) in [5.41, 5.74) is 1.31. The van der Waals surface area contributed by atoms with Gasteiger partial charge in [-0.05, 0) is 30.7 Å². The number of unbranched alkanes of at least 4 members (excludes halogenated alkanes) is 4. The molecule has 2 nitrogen and oxygen atoms in total. The van der Waals surface area contributed by atoms with E-state index >= 15 is 0 Å². The van der Waals surface area contributed by atoms with Crippen LogP contribution in [-0.4, -0.2) is 13.2 Å². The van der Waals surface area contributed by atoms with Crippen LogP contribution in [0.25, 0.3) is 0 Å². The van der Waals surface area contributed by atoms with Gasteiger partial charge in [0.25, 0.3) is 0 Å². The first-order chi connectivity index (χ1) is 9.36. The zero-order valence-corrected chi connectivity index (χ0v) is 12.2. The van der Waals surface area contributed by atoms with E-state index in [1.807, 2.05) is 12.1 Å². The van der Waals surface area contributed by atoms with Crippen molar-refractivity contribution in [2.45, 2.75) is 45.6 Å². The predicted octanol–water partition coefficient (Wildman–Crippen LogP) is 4.31. The summed E-state index contributed by atoms with van der Waals surface area (Å²) >= 11 is 0. The van der Waals surface area contributed by atoms with Gasteiger partial charge in [0, 0.05) is 6.54 Å². The van der Waals surface area contributed by atoms with Gasteiger partial charge in [0.1, 0.15) is 12.4 Å². The van der Waals surface area contributed by atoms with Crippen molar-refractivity contribution in [2.24, 2.45) is 0 Å². The summed E-state index contributed by atoms with van der Waals surface area (Å²) in [6.45, 7) is 8.50. The molecule has 0 aliphatic carbocycles. The molecular formula is C17H27NO. The van der Waals surface area contributed by atoms with E-state index in [-0.39, 0.29) is 0 Å². The predicted molar refractivity (Wildman–Crippen MR) is 82.6 cm³/mol. The third-order valence-corrected chi connectivity index (χ3v) is 3.08. The van der Waals surface area contributed by atoms with E-state index in [9.17, 15) is 0 Å². The van der Waals surface area contributed by atoms with Gasteiger partial charge in [-0.3, -0.25) is 0 Å². The number of ether oxygens (including phenoxy) is 1. The van der Waals surface area contributed by atoms with Crippen LogP contribution >= 0.6 is 0 Å². The van der Waals surface area contributed by atoms with Gasteiger partial charge in [-0.15, -0.1) is 0 Å². The Kier molecular flexibility index (Phi) is 8.82. The largest absolute Gasteiger partial charge is 0.490 e. The van der Waals surface area contributed by atoms with Gasteiger partial charge >= 0.3 is 0 Å². The molecule has 2 heteroatoms. The molecule has 1 rings (SSSR count). The number of rotatable bonds is 11. The molecule has 0 atom stereocenters. The highest BCUT2D eigenvalue weighted by atomic mass is 16.5. The summed E-state index contributed by atoms with van der Waals surface area (Å²) < 4.78 is 5.45. The molecule has 0 saturated heterocycles. The Hall–Kier alpha value is -1.28. The molecule has 1 N–H and O–H groups in total. The van der Waals surface area contributed by atoms with E-state index in [0.717, 1.165) is 18.8 Å². The lowest BCUT2D eigenvalue weighted by Crippen LogP contribution is -2.14. The zero-order valence-electron chi connectivity index (χ0n) is 12.2. The number of nitrogens with one attached hydrogen (secondary N) is 1. The van der Waals surface area contributed by atoms with Crippen LogP contribution in [0.15, 0.2) is 36.9 Å². The molecule has 0 radical (unpaired) electrons. The first-order valence-electron chi connectivity index (χ1n) is 7.40. The Bertz CT molecular complexity index is 332. The Balaban J connectivity index is 2.10. The second-order valence-electron chi connectivity index (χ2n) is 4.83. The fraction of sp³-hybridized carbons (Fsp3) is 0.529. The second-order valence-corrected chi connectivity index (χ2v) is 4.83. The Morgan fingerprint density at radius 2 is 1.84 bits per heavy atom. The van der Waals surface area contributed by atoms with E-state index < -0.39 is 0 Å². The molecule has 19 heavy (non-hydrogen) atoms. The Morgan fingerprint density at radius 1 is 1.11 bits per heavy atom. The van der Waals surface area contributed by atoms with E-state index in [2.05, 4.69) is 31.0 Å². The molecule has 1 aromatic carbocycles. The highest BCUT2D eigenvalue weighted by molar-refractivity contribution is 5.27. The highest BCUT2D eigenvalue weighted by Crippen LogP contribution is 2.12. The van der Waals surface area contributed by atoms with Crippen LogP contribution in [0.3, 0.4) is 0 Å². The standard InChI is InChI=1S/C17H27NO/c1-3-5-6-7-8-13-18-15-16-9-11-17(12-10-16)19-14-4-2/h4,9-12,18H,2-3,5-8,13-15H2,1H3. The molecule has 0 bridgehead atoms. The van der Waals surface area contributed by atoms with Crippen molar-refractivity contribution < 1.29 is 4.74 Å². The SMILES string of the molecule is C=CCOc1ccc(CNCCCCCCC)cc1. The summed E-state index contributed by atoms with van der Waals surface area (Å²) in [5, 5.41) is 3.48. The van der Waals surface area contributed by atoms with Crippen molar-refractivity contribution in [3.63, 3.8) is 0 Å². The number of hydrogen-bond acceptors (Lipinski definition) is 2. The van der Waals surface area contributed by atoms with E-state index in [1.54, 1.807) is 6.08 Å². The topological polar surface area (TPSA) is 21.3 Å². The van der Waals surface area contributed by atoms with Crippen LogP contribution in [0, 0.1) is 0 Å². The molecule has 106 valence electrons. The molecular weight excluding hydrogens is 234 g/mol. The number of hydrogen-bond donors (Lipinski definition) is 1. The van der Waals surface area contributed by atoms with Gasteiger partial charge in [0.15, 0.2) is 0 Å². The van der Waals surface area contributed by atoms with Crippen LogP contribution in [-0.2, 0) is 6.54 Å². The van der Waals surface area contributed by atoms with E-state index in [4.69, 9.17) is 4.74 Å². The molecule has 1 aromatic rings. The van der Waals surface area contributed by atoms with Crippen molar-refractivity contribution >= 4 is 0 Å². The zero-order chi connectivity index (χ0) is 13.8. The van der Waals surface area contributed by atoms with Crippen molar-refractivity contribution in [2.75, 3.05) is 13.2 Å². The minimum Gasteiger partial charge on any atom is -0.490 e. The number of benzene rings is 1. The fourth-order valence-corrected chi connectivity index (χ4v) is 1.94. The average Bonchev–Trinajstić information content (AvgIpc) is 2.45. The van der Waals surface area contributed by atoms with Gasteiger partial charge < -0.3 is 10.1 Å². The third-order valence-electron chi connectivity index (χ3n) is 3.08. The lowest BCUT2D eigenvalue weighted by molar-refractivity contribution is 0.363. The highest BCUT2D eigenvalue weighted by Gasteiger charge is 1.95. The van der Waals surface area contributed by atoms with Gasteiger partial charge in [-0.25, -0.2) is 0 Å². The maximum absolute atomic E-state index is 5.45. The summed E-state index contributed by atoms with van der Waals surface area (Å²) in [6.07, 6.45) is 8.43. The van der Waals surface area contributed by atoms with Gasteiger partial charge in [0.05, 0.1) is 0 Å². The van der Waals surface area contributed by atoms with Crippen molar-refractivity contribution in [1.82, 2.24) is 5.32 Å². The summed E-state index contributed by atoms with van der Waals surface area (Å²) in [4.78, 5) is 0. The first-order valence-corrected chi connectivity index (χ1v) is 7.40. The molecule has 0 aromatic heterocycles. The maximum atomic E-state index is 5.45. The van der Waals surface area contributed by atoms with Crippen LogP contribution in [0.5, 0.6) is 5.75 Å². The molecule has 0 amide bonds. The lowest BCUT2D eigenvalue weighted by atomic mass is 10.1. The minimum atomic E-state index is 0.565. The van der Waals surface area contributed by atoms with Crippen molar-refractivity contribution in [1.29, 1.82) is 0 Å². The summed E-state index contributed by atoms with van der Waals surface area (Å²) in [7, 11) is 0. The van der Waals surface area contributed by atoms with Gasteiger partial charge in [-0.2, -0.15) is 0 Å². The third kappa shape index (κ3) is 7.68. The first kappa shape index (κ1) is 15.8. The van der Waals surface area contributed by atoms with Gasteiger partial charge in [0.2, 0.25) is 0 Å². The second kappa shape index (κ2) is 10.6. The van der Waals surface area contributed by atoms with Crippen LogP contribution in [0.2, 0.25) is 0 Å². The van der Waals surface area contributed by atoms with Gasteiger partial charge in [-0.1, -0.05) is 57.4 Å². The van der Waals surface area contributed by atoms with E-state index in [0.29, 0.717) is 6.61 Å². The average molecular weight is 261 g/mol. The molecule has 0 aliphatic rings. The van der Waals surface area contributed by atoms with E-state index in [1.165, 1.54) is 37.7 Å². The molecule has 0 unspecified atom stereocenters. The quantitative estimate of drug-likeness (QED) is 0.473. The summed E-state index contributed by atoms with van der Waals surface area (Å²) in [5.74, 6) is 0.906. The fourth-order valence-electron chi connectivity index (χ4n) is 1.94. The smallest absolute Gasteiger partial charge is 0.119 e. The monoisotopic (exact) mass is 261 g/mol. The molecule has 0 heterocycles. The Morgan fingerprint density at radius 3 is 2.53 bits per heavy atom. The summed E-state index contributed by atoms with van der Waals surface area (Å²) in [6, 6.07) is 8.26. The normalized spacial score (nSPS) is 10.4. The van der Waals surface area contributed by atoms with Crippen molar-refractivity contribution in [3.8, 4) is 5.75 Å². The molecule has 0 aliphatic heterocycles. The Labute approximate surface area is 117 Å². The lowest BCUT2D eigenvalue weighted by Gasteiger charge is -2.07. The molecule has 0 saturated carbocycles. The van der Waals surface area contributed by atoms with Crippen LogP contribution in [0.4, 0.5) is 0 Å². The van der Waals surface area contributed by atoms with Crippen LogP contribution < -0.4 is 10.1 Å². The molecule has 0 fully saturated rings. The van der Waals surface area contributed by atoms with Crippen molar-refractivity contribution in [3.05, 3.63) is 42.5 Å². The molecule has 0 spiro atoms.